The van der Waals surface area contributed by atoms with E-state index >= 15 is 0 Å². The van der Waals surface area contributed by atoms with E-state index < -0.39 is 0 Å². The summed E-state index contributed by atoms with van der Waals surface area (Å²) in [5.74, 6) is 1.44. The third kappa shape index (κ3) is 1.62. The quantitative estimate of drug-likeness (QED) is 0.775. The van der Waals surface area contributed by atoms with Crippen molar-refractivity contribution in [3.8, 4) is 11.5 Å². The molecule has 0 N–H and O–H groups in total. The van der Waals surface area contributed by atoms with E-state index in [9.17, 15) is 4.79 Å². The van der Waals surface area contributed by atoms with Gasteiger partial charge < -0.3 is 9.64 Å². The highest BCUT2D eigenvalue weighted by atomic mass is 16.5. The van der Waals surface area contributed by atoms with E-state index in [-0.39, 0.29) is 5.91 Å². The second-order valence-corrected chi connectivity index (χ2v) is 4.97. The predicted molar refractivity (Wildman–Crippen MR) is 72.8 cm³/mol. The summed E-state index contributed by atoms with van der Waals surface area (Å²) in [5, 5.41) is 0. The number of rotatable bonds is 1. The molecule has 4 rings (SSSR count). The lowest BCUT2D eigenvalue weighted by atomic mass is 10.1. The fourth-order valence-corrected chi connectivity index (χ4v) is 2.53. The second kappa shape index (κ2) is 3.85. The molecular weight excluding hydrogens is 238 g/mol. The number of para-hydroxylation sites is 3. The van der Waals surface area contributed by atoms with Crippen LogP contribution in [0.1, 0.15) is 23.2 Å². The Morgan fingerprint density at radius 3 is 2.42 bits per heavy atom. The van der Waals surface area contributed by atoms with Gasteiger partial charge in [0, 0.05) is 6.04 Å². The predicted octanol–water partition coefficient (Wildman–Crippen LogP) is 3.60. The highest BCUT2D eigenvalue weighted by Gasteiger charge is 2.38. The minimum absolute atomic E-state index is 0.0445. The fourth-order valence-electron chi connectivity index (χ4n) is 2.53. The minimum Gasteiger partial charge on any atom is -0.454 e. The number of nitrogens with zero attached hydrogens (tertiary/aromatic N) is 1. The molecule has 1 amide bonds. The van der Waals surface area contributed by atoms with Crippen molar-refractivity contribution in [2.75, 3.05) is 4.90 Å². The number of ether oxygens (including phenoxy) is 1. The van der Waals surface area contributed by atoms with Crippen molar-refractivity contribution in [3.63, 3.8) is 0 Å². The van der Waals surface area contributed by atoms with Crippen molar-refractivity contribution in [2.45, 2.75) is 18.9 Å². The lowest BCUT2D eigenvalue weighted by Gasteiger charge is -2.21. The summed E-state index contributed by atoms with van der Waals surface area (Å²) in [6, 6.07) is 15.5. The molecule has 1 aliphatic heterocycles. The minimum atomic E-state index is 0.0445. The van der Waals surface area contributed by atoms with Gasteiger partial charge in [0.25, 0.3) is 5.91 Å². The van der Waals surface area contributed by atoms with Gasteiger partial charge in [-0.25, -0.2) is 0 Å². The van der Waals surface area contributed by atoms with Gasteiger partial charge in [0.1, 0.15) is 5.75 Å². The molecule has 1 saturated carbocycles. The monoisotopic (exact) mass is 251 g/mol. The molecule has 2 aliphatic rings. The Morgan fingerprint density at radius 2 is 1.63 bits per heavy atom. The fraction of sp³-hybridized carbons (Fsp3) is 0.188. The Kier molecular flexibility index (Phi) is 2.15. The molecule has 2 aromatic carbocycles. The zero-order valence-corrected chi connectivity index (χ0v) is 10.4. The van der Waals surface area contributed by atoms with Crippen molar-refractivity contribution >= 4 is 11.6 Å². The molecule has 0 spiro atoms. The van der Waals surface area contributed by atoms with Gasteiger partial charge in [-0.05, 0) is 37.1 Å². The number of amides is 1. The molecule has 0 bridgehead atoms. The van der Waals surface area contributed by atoms with Crippen LogP contribution >= 0.6 is 0 Å². The largest absolute Gasteiger partial charge is 0.454 e. The van der Waals surface area contributed by atoms with Crippen molar-refractivity contribution in [1.29, 1.82) is 0 Å². The van der Waals surface area contributed by atoms with Gasteiger partial charge >= 0.3 is 0 Å². The smallest absolute Gasteiger partial charge is 0.262 e. The topological polar surface area (TPSA) is 29.5 Å². The molecular formula is C16H13NO2. The number of hydrogen-bond donors (Lipinski definition) is 0. The third-order valence-electron chi connectivity index (χ3n) is 3.59. The summed E-state index contributed by atoms with van der Waals surface area (Å²) in [4.78, 5) is 14.6. The maximum atomic E-state index is 12.7. The summed E-state index contributed by atoms with van der Waals surface area (Å²) in [6.45, 7) is 0. The summed E-state index contributed by atoms with van der Waals surface area (Å²) in [5.41, 5.74) is 1.52. The number of hydrogen-bond acceptors (Lipinski definition) is 2. The first-order valence-electron chi connectivity index (χ1n) is 6.54. The van der Waals surface area contributed by atoms with Gasteiger partial charge in [0.15, 0.2) is 5.75 Å². The van der Waals surface area contributed by atoms with Crippen LogP contribution in [0.5, 0.6) is 11.5 Å². The molecule has 0 aromatic heterocycles. The Bertz CT molecular complexity index is 661. The molecule has 1 heterocycles. The normalized spacial score (nSPS) is 17.3. The first kappa shape index (κ1) is 10.6. The number of fused-ring (bicyclic) bond motifs is 2. The molecule has 0 unspecified atom stereocenters. The maximum absolute atomic E-state index is 12.7. The average Bonchev–Trinajstić information content (AvgIpc) is 3.25. The van der Waals surface area contributed by atoms with E-state index in [0.717, 1.165) is 24.3 Å². The van der Waals surface area contributed by atoms with E-state index in [4.69, 9.17) is 4.74 Å². The molecule has 94 valence electrons. The van der Waals surface area contributed by atoms with E-state index in [1.165, 1.54) is 0 Å². The van der Waals surface area contributed by atoms with Crippen LogP contribution in [-0.2, 0) is 0 Å². The molecule has 1 aliphatic carbocycles. The number of carbonyl (C=O) groups excluding carboxylic acids is 1. The summed E-state index contributed by atoms with van der Waals surface area (Å²) >= 11 is 0. The second-order valence-electron chi connectivity index (χ2n) is 4.97. The van der Waals surface area contributed by atoms with Crippen LogP contribution in [0.15, 0.2) is 48.5 Å². The number of anilines is 1. The van der Waals surface area contributed by atoms with Crippen molar-refractivity contribution in [3.05, 3.63) is 54.1 Å². The molecule has 0 atom stereocenters. The van der Waals surface area contributed by atoms with Crippen LogP contribution in [-0.4, -0.2) is 11.9 Å². The van der Waals surface area contributed by atoms with E-state index in [0.29, 0.717) is 17.4 Å². The standard InChI is InChI=1S/C16H13NO2/c18-16-12-5-1-3-7-14(12)19-15-8-4-2-6-13(15)17(16)11-9-10-11/h1-8,11H,9-10H2. The van der Waals surface area contributed by atoms with Gasteiger partial charge in [0.05, 0.1) is 11.3 Å². The summed E-state index contributed by atoms with van der Waals surface area (Å²) in [6.07, 6.45) is 2.14. The Morgan fingerprint density at radius 1 is 0.947 bits per heavy atom. The van der Waals surface area contributed by atoms with Gasteiger partial charge in [0.2, 0.25) is 0 Å². The summed E-state index contributed by atoms with van der Waals surface area (Å²) in [7, 11) is 0. The van der Waals surface area contributed by atoms with Crippen LogP contribution in [0, 0.1) is 0 Å². The third-order valence-corrected chi connectivity index (χ3v) is 3.59. The first-order valence-corrected chi connectivity index (χ1v) is 6.54. The molecule has 19 heavy (non-hydrogen) atoms. The van der Waals surface area contributed by atoms with E-state index in [2.05, 4.69) is 0 Å². The van der Waals surface area contributed by atoms with Crippen LogP contribution < -0.4 is 9.64 Å². The lowest BCUT2D eigenvalue weighted by molar-refractivity contribution is 0.0985. The first-order chi connectivity index (χ1) is 9.34. The average molecular weight is 251 g/mol. The molecule has 3 heteroatoms. The highest BCUT2D eigenvalue weighted by Crippen LogP contribution is 2.43. The van der Waals surface area contributed by atoms with Gasteiger partial charge in [-0.1, -0.05) is 24.3 Å². The van der Waals surface area contributed by atoms with Crippen molar-refractivity contribution in [2.24, 2.45) is 0 Å². The Balaban J connectivity index is 1.95. The van der Waals surface area contributed by atoms with Crippen LogP contribution in [0.4, 0.5) is 5.69 Å². The highest BCUT2D eigenvalue weighted by molar-refractivity contribution is 6.10. The van der Waals surface area contributed by atoms with E-state index in [1.807, 2.05) is 53.4 Å². The number of carbonyl (C=O) groups is 1. The Labute approximate surface area is 111 Å². The molecule has 0 saturated heterocycles. The summed E-state index contributed by atoms with van der Waals surface area (Å²) < 4.78 is 5.92. The zero-order valence-electron chi connectivity index (χ0n) is 10.4. The molecule has 0 radical (unpaired) electrons. The van der Waals surface area contributed by atoms with Gasteiger partial charge in [-0.15, -0.1) is 0 Å². The molecule has 1 fully saturated rings. The van der Waals surface area contributed by atoms with Crippen LogP contribution in [0.2, 0.25) is 0 Å². The van der Waals surface area contributed by atoms with Crippen LogP contribution in [0.25, 0.3) is 0 Å². The van der Waals surface area contributed by atoms with Crippen LogP contribution in [0.3, 0.4) is 0 Å². The molecule has 2 aromatic rings. The lowest BCUT2D eigenvalue weighted by Crippen LogP contribution is -2.32. The maximum Gasteiger partial charge on any atom is 0.262 e. The van der Waals surface area contributed by atoms with E-state index in [1.54, 1.807) is 0 Å². The molecule has 3 nitrogen and oxygen atoms in total. The SMILES string of the molecule is O=C1c2ccccc2Oc2ccccc2N1C1CC1. The Hall–Kier alpha value is -2.29. The van der Waals surface area contributed by atoms with Crippen molar-refractivity contribution < 1.29 is 9.53 Å². The van der Waals surface area contributed by atoms with Gasteiger partial charge in [-0.2, -0.15) is 0 Å². The zero-order chi connectivity index (χ0) is 12.8. The van der Waals surface area contributed by atoms with Gasteiger partial charge in [-0.3, -0.25) is 4.79 Å². The number of benzene rings is 2. The van der Waals surface area contributed by atoms with Crippen molar-refractivity contribution in [1.82, 2.24) is 0 Å².